The van der Waals surface area contributed by atoms with Gasteiger partial charge in [-0.25, -0.2) is 8.42 Å². The summed E-state index contributed by atoms with van der Waals surface area (Å²) in [6.45, 7) is 5.76. The summed E-state index contributed by atoms with van der Waals surface area (Å²) in [5.74, 6) is 0.611. The third kappa shape index (κ3) is 9.11. The van der Waals surface area contributed by atoms with Gasteiger partial charge in [0.15, 0.2) is 0 Å². The van der Waals surface area contributed by atoms with Gasteiger partial charge in [-0.15, -0.1) is 0 Å². The Morgan fingerprint density at radius 1 is 0.897 bits per heavy atom. The molecule has 0 aromatic heterocycles. The number of halogens is 1. The number of rotatable bonds is 12. The molecule has 10 heteroatoms. The van der Waals surface area contributed by atoms with Crippen molar-refractivity contribution in [1.29, 1.82) is 0 Å². The van der Waals surface area contributed by atoms with Crippen LogP contribution < -0.4 is 14.4 Å². The van der Waals surface area contributed by atoms with Crippen molar-refractivity contribution >= 4 is 43.5 Å². The average molecular weight is 617 g/mol. The first-order chi connectivity index (χ1) is 18.4. The summed E-state index contributed by atoms with van der Waals surface area (Å²) in [6, 6.07) is 22.3. The molecule has 1 atom stereocenters. The molecule has 0 unspecified atom stereocenters. The number of sulfonamides is 1. The fourth-order valence-electron chi connectivity index (χ4n) is 3.74. The number of benzene rings is 3. The van der Waals surface area contributed by atoms with E-state index >= 15 is 0 Å². The summed E-state index contributed by atoms with van der Waals surface area (Å²) >= 11 is 3.40. The van der Waals surface area contributed by atoms with E-state index in [2.05, 4.69) is 21.2 Å². The molecule has 0 radical (unpaired) electrons. The lowest BCUT2D eigenvalue weighted by Crippen LogP contribution is -2.51. The predicted molar refractivity (Wildman–Crippen MR) is 157 cm³/mol. The highest BCUT2D eigenvalue weighted by Gasteiger charge is 2.30. The Kier molecular flexibility index (Phi) is 10.5. The number of carbonyl (C=O) groups excluding carboxylic acids is 2. The monoisotopic (exact) mass is 615 g/mol. The molecule has 0 aliphatic heterocycles. The minimum atomic E-state index is -3.83. The van der Waals surface area contributed by atoms with Crippen molar-refractivity contribution in [1.82, 2.24) is 10.2 Å². The summed E-state index contributed by atoms with van der Waals surface area (Å²) in [4.78, 5) is 28.0. The largest absolute Gasteiger partial charge is 0.457 e. The van der Waals surface area contributed by atoms with Crippen LogP contribution in [0.5, 0.6) is 11.5 Å². The van der Waals surface area contributed by atoms with E-state index in [1.165, 1.54) is 4.90 Å². The van der Waals surface area contributed by atoms with Gasteiger partial charge in [0.2, 0.25) is 21.8 Å². The number of carbonyl (C=O) groups is 2. The molecule has 3 aromatic rings. The standard InChI is InChI=1S/C29H34BrN3O5S/c1-21(2)18-31-29(35)22(3)32(19-23-10-12-24(30)13-11-23)28(34)20-33(39(4,36)37)25-14-16-27(17-15-25)38-26-8-6-5-7-9-26/h5-17,21-22H,18-20H2,1-4H3,(H,31,35)/t22-/m1/s1. The Labute approximate surface area is 239 Å². The summed E-state index contributed by atoms with van der Waals surface area (Å²) in [5, 5.41) is 2.87. The molecule has 8 nitrogen and oxygen atoms in total. The van der Waals surface area contributed by atoms with Crippen LogP contribution >= 0.6 is 15.9 Å². The maximum Gasteiger partial charge on any atom is 0.244 e. The highest BCUT2D eigenvalue weighted by molar-refractivity contribution is 9.10. The molecule has 0 heterocycles. The Hall–Kier alpha value is -3.37. The van der Waals surface area contributed by atoms with Gasteiger partial charge in [-0.1, -0.05) is 60.1 Å². The van der Waals surface area contributed by atoms with Crippen LogP contribution in [0.15, 0.2) is 83.3 Å². The van der Waals surface area contributed by atoms with Crippen LogP contribution in [0, 0.1) is 5.92 Å². The van der Waals surface area contributed by atoms with Gasteiger partial charge in [0.1, 0.15) is 24.1 Å². The lowest BCUT2D eigenvalue weighted by molar-refractivity contribution is -0.139. The van der Waals surface area contributed by atoms with E-state index in [1.54, 1.807) is 31.2 Å². The summed E-state index contributed by atoms with van der Waals surface area (Å²) < 4.78 is 33.3. The SMILES string of the molecule is CC(C)CNC(=O)[C@@H](C)N(Cc1ccc(Br)cc1)C(=O)CN(c1ccc(Oc2ccccc2)cc1)S(C)(=O)=O. The molecular formula is C29H34BrN3O5S. The molecule has 0 saturated heterocycles. The third-order valence-electron chi connectivity index (χ3n) is 5.90. The topological polar surface area (TPSA) is 96.0 Å². The Morgan fingerprint density at radius 3 is 2.05 bits per heavy atom. The molecule has 39 heavy (non-hydrogen) atoms. The predicted octanol–water partition coefficient (Wildman–Crippen LogP) is 5.20. The first-order valence-corrected chi connectivity index (χ1v) is 15.2. The number of hydrogen-bond donors (Lipinski definition) is 1. The van der Waals surface area contributed by atoms with Crippen molar-refractivity contribution in [2.45, 2.75) is 33.4 Å². The van der Waals surface area contributed by atoms with E-state index in [0.29, 0.717) is 23.7 Å². The zero-order chi connectivity index (χ0) is 28.6. The molecule has 0 aliphatic carbocycles. The van der Waals surface area contributed by atoms with Crippen molar-refractivity contribution in [3.63, 3.8) is 0 Å². The maximum absolute atomic E-state index is 13.6. The van der Waals surface area contributed by atoms with Crippen molar-refractivity contribution in [3.8, 4) is 11.5 Å². The lowest BCUT2D eigenvalue weighted by atomic mass is 10.1. The molecule has 1 N–H and O–H groups in total. The Bertz CT molecular complexity index is 1350. The second-order valence-electron chi connectivity index (χ2n) is 9.64. The Morgan fingerprint density at radius 2 is 1.49 bits per heavy atom. The molecule has 0 fully saturated rings. The fourth-order valence-corrected chi connectivity index (χ4v) is 4.85. The zero-order valence-corrected chi connectivity index (χ0v) is 24.9. The quantitative estimate of drug-likeness (QED) is 0.302. The van der Waals surface area contributed by atoms with Gasteiger partial charge in [0.05, 0.1) is 11.9 Å². The van der Waals surface area contributed by atoms with E-state index < -0.39 is 28.5 Å². The van der Waals surface area contributed by atoms with Crippen molar-refractivity contribution in [3.05, 3.63) is 88.9 Å². The highest BCUT2D eigenvalue weighted by atomic mass is 79.9. The second-order valence-corrected chi connectivity index (χ2v) is 12.5. The van der Waals surface area contributed by atoms with Crippen LogP contribution in [0.2, 0.25) is 0 Å². The minimum Gasteiger partial charge on any atom is -0.457 e. The second kappa shape index (κ2) is 13.6. The van der Waals surface area contributed by atoms with Crippen LogP contribution in [-0.2, 0) is 26.2 Å². The first kappa shape index (κ1) is 30.2. The number of hydrogen-bond acceptors (Lipinski definition) is 5. The first-order valence-electron chi connectivity index (χ1n) is 12.6. The van der Waals surface area contributed by atoms with Gasteiger partial charge in [0.25, 0.3) is 0 Å². The molecule has 0 saturated carbocycles. The van der Waals surface area contributed by atoms with E-state index in [-0.39, 0.29) is 18.4 Å². The van der Waals surface area contributed by atoms with Gasteiger partial charge >= 0.3 is 0 Å². The maximum atomic E-state index is 13.6. The van der Waals surface area contributed by atoms with Gasteiger partial charge in [-0.05, 0) is 66.9 Å². The van der Waals surface area contributed by atoms with Gasteiger partial charge in [0, 0.05) is 17.6 Å². The molecule has 0 spiro atoms. The average Bonchev–Trinajstić information content (AvgIpc) is 2.90. The highest BCUT2D eigenvalue weighted by Crippen LogP contribution is 2.26. The van der Waals surface area contributed by atoms with Crippen LogP contribution in [0.3, 0.4) is 0 Å². The summed E-state index contributed by atoms with van der Waals surface area (Å²) in [5.41, 5.74) is 1.12. The van der Waals surface area contributed by atoms with Crippen LogP contribution in [0.25, 0.3) is 0 Å². The fraction of sp³-hybridized carbons (Fsp3) is 0.310. The molecule has 208 valence electrons. The number of para-hydroxylation sites is 1. The van der Waals surface area contributed by atoms with Crippen molar-refractivity contribution in [2.75, 3.05) is 23.7 Å². The van der Waals surface area contributed by atoms with E-state index in [4.69, 9.17) is 4.74 Å². The van der Waals surface area contributed by atoms with E-state index in [0.717, 1.165) is 20.6 Å². The molecular weight excluding hydrogens is 582 g/mol. The normalized spacial score (nSPS) is 12.1. The number of nitrogens with zero attached hydrogens (tertiary/aromatic N) is 2. The van der Waals surface area contributed by atoms with Crippen LogP contribution in [0.1, 0.15) is 26.3 Å². The summed E-state index contributed by atoms with van der Waals surface area (Å²) in [6.07, 6.45) is 1.05. The molecule has 0 bridgehead atoms. The summed E-state index contributed by atoms with van der Waals surface area (Å²) in [7, 11) is -3.83. The number of ether oxygens (including phenoxy) is 1. The lowest BCUT2D eigenvalue weighted by Gasteiger charge is -2.31. The van der Waals surface area contributed by atoms with Gasteiger partial charge in [-0.2, -0.15) is 0 Å². The van der Waals surface area contributed by atoms with Crippen LogP contribution in [-0.4, -0.2) is 50.5 Å². The molecule has 2 amide bonds. The van der Waals surface area contributed by atoms with Crippen molar-refractivity contribution in [2.24, 2.45) is 5.92 Å². The zero-order valence-electron chi connectivity index (χ0n) is 22.5. The van der Waals surface area contributed by atoms with Gasteiger partial charge < -0.3 is 15.0 Å². The minimum absolute atomic E-state index is 0.143. The van der Waals surface area contributed by atoms with E-state index in [1.807, 2.05) is 68.4 Å². The molecule has 0 aliphatic rings. The number of nitrogens with one attached hydrogen (secondary N) is 1. The number of anilines is 1. The molecule has 3 rings (SSSR count). The van der Waals surface area contributed by atoms with Crippen molar-refractivity contribution < 1.29 is 22.7 Å². The van der Waals surface area contributed by atoms with Crippen LogP contribution in [0.4, 0.5) is 5.69 Å². The Balaban J connectivity index is 1.84. The molecule has 3 aromatic carbocycles. The number of amides is 2. The van der Waals surface area contributed by atoms with Gasteiger partial charge in [-0.3, -0.25) is 13.9 Å². The smallest absolute Gasteiger partial charge is 0.244 e. The third-order valence-corrected chi connectivity index (χ3v) is 7.57. The van der Waals surface area contributed by atoms with E-state index in [9.17, 15) is 18.0 Å².